The first-order valence-corrected chi connectivity index (χ1v) is 9.39. The zero-order valence-corrected chi connectivity index (χ0v) is 16.1. The molecule has 1 aromatic heterocycles. The Hall–Kier alpha value is -3.48. The average Bonchev–Trinajstić information content (AvgIpc) is 2.76. The van der Waals surface area contributed by atoms with E-state index < -0.39 is 0 Å². The minimum atomic E-state index is -0.334. The largest absolute Gasteiger partial charge is 0.497 e. The summed E-state index contributed by atoms with van der Waals surface area (Å²) in [5.41, 5.74) is 2.81. The molecule has 148 valence electrons. The van der Waals surface area contributed by atoms with Gasteiger partial charge in [-0.15, -0.1) is 0 Å². The van der Waals surface area contributed by atoms with Gasteiger partial charge in [-0.05, 0) is 47.4 Å². The number of nitrogens with zero attached hydrogens (tertiary/aromatic N) is 4. The van der Waals surface area contributed by atoms with Crippen molar-refractivity contribution in [3.63, 3.8) is 0 Å². The second kappa shape index (κ2) is 8.26. The van der Waals surface area contributed by atoms with Crippen LogP contribution in [0.3, 0.4) is 0 Å². The Morgan fingerprint density at radius 3 is 2.48 bits per heavy atom. The molecule has 0 unspecified atom stereocenters. The van der Waals surface area contributed by atoms with Crippen molar-refractivity contribution in [2.45, 2.75) is 13.0 Å². The summed E-state index contributed by atoms with van der Waals surface area (Å²) in [6, 6.07) is 14.0. The minimum Gasteiger partial charge on any atom is -0.497 e. The number of ether oxygens (including phenoxy) is 1. The zero-order chi connectivity index (χ0) is 20.2. The molecule has 1 aliphatic rings. The van der Waals surface area contributed by atoms with Crippen LogP contribution in [-0.4, -0.2) is 34.7 Å². The molecule has 2 aromatic carbocycles. The molecule has 0 fully saturated rings. The Bertz CT molecular complexity index is 1080. The summed E-state index contributed by atoms with van der Waals surface area (Å²) >= 11 is 0. The number of anilines is 1. The molecule has 4 rings (SSSR count). The van der Waals surface area contributed by atoms with Crippen molar-refractivity contribution in [2.24, 2.45) is 0 Å². The number of hydrogen-bond acceptors (Lipinski definition) is 5. The summed E-state index contributed by atoms with van der Waals surface area (Å²) in [7, 11) is 1.62. The lowest BCUT2D eigenvalue weighted by Gasteiger charge is -2.26. The van der Waals surface area contributed by atoms with Gasteiger partial charge in [-0.25, -0.2) is 14.2 Å². The maximum atomic E-state index is 13.1. The molecule has 0 saturated heterocycles. The van der Waals surface area contributed by atoms with Crippen LogP contribution < -0.4 is 15.3 Å². The van der Waals surface area contributed by atoms with E-state index in [0.717, 1.165) is 28.9 Å². The smallest absolute Gasteiger partial charge is 0.352 e. The molecule has 0 bridgehead atoms. The Morgan fingerprint density at radius 1 is 1.10 bits per heavy atom. The Morgan fingerprint density at radius 2 is 1.86 bits per heavy atom. The molecule has 6 nitrogen and oxygen atoms in total. The summed E-state index contributed by atoms with van der Waals surface area (Å²) < 4.78 is 19.7. The lowest BCUT2D eigenvalue weighted by Crippen LogP contribution is -2.34. The van der Waals surface area contributed by atoms with Crippen molar-refractivity contribution in [3.05, 3.63) is 88.4 Å². The number of aromatic nitrogens is 3. The van der Waals surface area contributed by atoms with Gasteiger partial charge in [0.2, 0.25) is 5.95 Å². The van der Waals surface area contributed by atoms with Crippen LogP contribution in [0, 0.1) is 5.82 Å². The maximum absolute atomic E-state index is 13.1. The number of methoxy groups -OCH3 is 1. The normalized spacial score (nSPS) is 13.9. The van der Waals surface area contributed by atoms with Crippen LogP contribution in [0.1, 0.15) is 17.5 Å². The van der Waals surface area contributed by atoms with Gasteiger partial charge >= 0.3 is 5.69 Å². The summed E-state index contributed by atoms with van der Waals surface area (Å²) in [5, 5.41) is 0. The average molecular weight is 392 g/mol. The first-order valence-electron chi connectivity index (χ1n) is 9.39. The molecule has 0 amide bonds. The van der Waals surface area contributed by atoms with Crippen molar-refractivity contribution in [2.75, 3.05) is 25.1 Å². The van der Waals surface area contributed by atoms with Gasteiger partial charge in [0, 0.05) is 13.1 Å². The molecule has 0 N–H and O–H groups in total. The molecule has 0 saturated carbocycles. The first kappa shape index (κ1) is 18.9. The predicted octanol–water partition coefficient (Wildman–Crippen LogP) is 3.13. The molecule has 0 radical (unpaired) electrons. The van der Waals surface area contributed by atoms with Crippen molar-refractivity contribution in [3.8, 4) is 5.75 Å². The molecular weight excluding hydrogens is 371 g/mol. The van der Waals surface area contributed by atoms with Gasteiger partial charge in [-0.2, -0.15) is 4.98 Å². The van der Waals surface area contributed by atoms with Gasteiger partial charge in [-0.1, -0.05) is 30.3 Å². The van der Waals surface area contributed by atoms with Crippen LogP contribution in [0.4, 0.5) is 10.3 Å². The van der Waals surface area contributed by atoms with Crippen LogP contribution in [0.5, 0.6) is 5.75 Å². The van der Waals surface area contributed by atoms with Crippen LogP contribution in [0.25, 0.3) is 5.57 Å². The molecule has 0 atom stereocenters. The number of hydrogen-bond donors (Lipinski definition) is 0. The highest BCUT2D eigenvalue weighted by Crippen LogP contribution is 2.24. The fraction of sp³-hybridized carbons (Fsp3) is 0.227. The van der Waals surface area contributed by atoms with Crippen molar-refractivity contribution in [1.82, 2.24) is 14.5 Å². The minimum absolute atomic E-state index is 0.240. The summed E-state index contributed by atoms with van der Waals surface area (Å²) in [6.07, 6.45) is 4.39. The van der Waals surface area contributed by atoms with E-state index in [0.29, 0.717) is 25.6 Å². The van der Waals surface area contributed by atoms with E-state index in [1.54, 1.807) is 19.2 Å². The lowest BCUT2D eigenvalue weighted by atomic mass is 10.00. The van der Waals surface area contributed by atoms with Crippen molar-refractivity contribution in [1.29, 1.82) is 0 Å². The van der Waals surface area contributed by atoms with E-state index in [2.05, 4.69) is 16.0 Å². The topological polar surface area (TPSA) is 60.2 Å². The Kier molecular flexibility index (Phi) is 5.37. The van der Waals surface area contributed by atoms with Gasteiger partial charge in [0.05, 0.1) is 13.7 Å². The predicted molar refractivity (Wildman–Crippen MR) is 110 cm³/mol. The third kappa shape index (κ3) is 4.34. The molecule has 0 spiro atoms. The highest BCUT2D eigenvalue weighted by Gasteiger charge is 2.16. The fourth-order valence-electron chi connectivity index (χ4n) is 3.31. The SMILES string of the molecule is COc1ccc(Cn2cnc(N3CC=C(c4ccc(F)cc4)CC3)nc2=O)cc1. The molecule has 2 heterocycles. The molecular formula is C22H21FN4O2. The molecule has 0 aliphatic carbocycles. The lowest BCUT2D eigenvalue weighted by molar-refractivity contribution is 0.414. The molecule has 29 heavy (non-hydrogen) atoms. The van der Waals surface area contributed by atoms with Crippen LogP contribution in [0.15, 0.2) is 65.7 Å². The van der Waals surface area contributed by atoms with Gasteiger partial charge in [0.25, 0.3) is 0 Å². The molecule has 3 aromatic rings. The highest BCUT2D eigenvalue weighted by molar-refractivity contribution is 5.68. The third-order valence-electron chi connectivity index (χ3n) is 4.97. The zero-order valence-electron chi connectivity index (χ0n) is 16.1. The van der Waals surface area contributed by atoms with Crippen LogP contribution in [-0.2, 0) is 6.54 Å². The van der Waals surface area contributed by atoms with Gasteiger partial charge < -0.3 is 9.64 Å². The Balaban J connectivity index is 1.45. The Labute approximate surface area is 167 Å². The number of benzene rings is 2. The van der Waals surface area contributed by atoms with E-state index in [-0.39, 0.29) is 11.5 Å². The number of halogens is 1. The second-order valence-electron chi connectivity index (χ2n) is 6.85. The maximum Gasteiger partial charge on any atom is 0.352 e. The van der Waals surface area contributed by atoms with Crippen molar-refractivity contribution < 1.29 is 9.13 Å². The fourth-order valence-corrected chi connectivity index (χ4v) is 3.31. The first-order chi connectivity index (χ1) is 14.1. The third-order valence-corrected chi connectivity index (χ3v) is 4.97. The monoisotopic (exact) mass is 392 g/mol. The summed E-state index contributed by atoms with van der Waals surface area (Å²) in [5.74, 6) is 0.955. The quantitative estimate of drug-likeness (QED) is 0.668. The standard InChI is InChI=1S/C22H21FN4O2/c1-29-20-8-2-16(3-9-20)14-27-15-24-21(25-22(27)28)26-12-10-18(11-13-26)17-4-6-19(23)7-5-17/h2-10,15H,11-14H2,1H3. The van der Waals surface area contributed by atoms with Crippen LogP contribution >= 0.6 is 0 Å². The van der Waals surface area contributed by atoms with Crippen molar-refractivity contribution >= 4 is 11.5 Å². The second-order valence-corrected chi connectivity index (χ2v) is 6.85. The summed E-state index contributed by atoms with van der Waals surface area (Å²) in [4.78, 5) is 22.9. The van der Waals surface area contributed by atoms with E-state index in [4.69, 9.17) is 4.74 Å². The van der Waals surface area contributed by atoms with E-state index in [9.17, 15) is 9.18 Å². The van der Waals surface area contributed by atoms with Crippen LogP contribution in [0.2, 0.25) is 0 Å². The number of rotatable bonds is 5. The molecule has 7 heteroatoms. The van der Waals surface area contributed by atoms with E-state index >= 15 is 0 Å². The summed E-state index contributed by atoms with van der Waals surface area (Å²) in [6.45, 7) is 1.71. The van der Waals surface area contributed by atoms with Gasteiger partial charge in [-0.3, -0.25) is 4.57 Å². The molecule has 1 aliphatic heterocycles. The highest BCUT2D eigenvalue weighted by atomic mass is 19.1. The van der Waals surface area contributed by atoms with E-state index in [1.807, 2.05) is 29.2 Å². The van der Waals surface area contributed by atoms with Gasteiger partial charge in [0.1, 0.15) is 17.9 Å². The van der Waals surface area contributed by atoms with Gasteiger partial charge in [0.15, 0.2) is 0 Å². The van der Waals surface area contributed by atoms with E-state index in [1.165, 1.54) is 23.0 Å².